The minimum atomic E-state index is -0.183. The van der Waals surface area contributed by atoms with E-state index in [1.54, 1.807) is 11.1 Å². The number of nitrogens with zero attached hydrogens (tertiary/aromatic N) is 2. The van der Waals surface area contributed by atoms with Gasteiger partial charge in [-0.25, -0.2) is 4.98 Å². The van der Waals surface area contributed by atoms with E-state index in [9.17, 15) is 9.59 Å². The van der Waals surface area contributed by atoms with Crippen LogP contribution in [0.5, 0.6) is 0 Å². The van der Waals surface area contributed by atoms with E-state index in [1.807, 2.05) is 20.8 Å². The molecule has 0 aromatic carbocycles. The summed E-state index contributed by atoms with van der Waals surface area (Å²) in [6.45, 7) is 5.90. The summed E-state index contributed by atoms with van der Waals surface area (Å²) in [7, 11) is 0. The molecule has 2 rings (SSSR count). The van der Waals surface area contributed by atoms with Gasteiger partial charge in [-0.15, -0.1) is 11.3 Å². The van der Waals surface area contributed by atoms with Crippen molar-refractivity contribution in [2.45, 2.75) is 39.7 Å². The van der Waals surface area contributed by atoms with Crippen LogP contribution in [0.4, 0.5) is 5.13 Å². The van der Waals surface area contributed by atoms with E-state index in [2.05, 4.69) is 10.3 Å². The Hall–Kier alpha value is -1.43. The second-order valence-corrected chi connectivity index (χ2v) is 6.39. The lowest BCUT2D eigenvalue weighted by Gasteiger charge is -2.26. The first kappa shape index (κ1) is 14.0. The van der Waals surface area contributed by atoms with Gasteiger partial charge in [-0.2, -0.15) is 0 Å². The average Bonchev–Trinajstić information content (AvgIpc) is 3.10. The van der Waals surface area contributed by atoms with Crippen molar-refractivity contribution in [2.24, 2.45) is 5.92 Å². The summed E-state index contributed by atoms with van der Waals surface area (Å²) >= 11 is 1.43. The molecule has 1 aromatic rings. The highest BCUT2D eigenvalue weighted by Crippen LogP contribution is 2.31. The number of rotatable bonds is 5. The van der Waals surface area contributed by atoms with E-state index in [0.29, 0.717) is 5.13 Å². The third-order valence-electron chi connectivity index (χ3n) is 3.01. The van der Waals surface area contributed by atoms with Crippen molar-refractivity contribution in [1.82, 2.24) is 9.88 Å². The van der Waals surface area contributed by atoms with Crippen LogP contribution >= 0.6 is 11.3 Å². The van der Waals surface area contributed by atoms with Gasteiger partial charge in [0.2, 0.25) is 11.8 Å². The summed E-state index contributed by atoms with van der Waals surface area (Å²) in [5, 5.41) is 3.32. The highest BCUT2D eigenvalue weighted by Gasteiger charge is 2.35. The highest BCUT2D eigenvalue weighted by atomic mass is 32.1. The molecule has 0 aliphatic heterocycles. The molecule has 1 saturated carbocycles. The molecule has 19 heavy (non-hydrogen) atoms. The molecule has 1 fully saturated rings. The van der Waals surface area contributed by atoms with Crippen LogP contribution in [0.25, 0.3) is 0 Å². The monoisotopic (exact) mass is 281 g/mol. The Morgan fingerprint density at radius 3 is 2.68 bits per heavy atom. The topological polar surface area (TPSA) is 62.3 Å². The number of anilines is 1. The van der Waals surface area contributed by atoms with E-state index >= 15 is 0 Å². The van der Waals surface area contributed by atoms with Crippen LogP contribution in [0, 0.1) is 12.8 Å². The van der Waals surface area contributed by atoms with Gasteiger partial charge in [0, 0.05) is 23.0 Å². The third kappa shape index (κ3) is 3.76. The Labute approximate surface area is 117 Å². The first-order chi connectivity index (χ1) is 8.97. The van der Waals surface area contributed by atoms with E-state index in [-0.39, 0.29) is 30.3 Å². The fraction of sp³-hybridized carbons (Fsp3) is 0.615. The zero-order valence-electron chi connectivity index (χ0n) is 11.5. The lowest BCUT2D eigenvalue weighted by Crippen LogP contribution is -2.43. The normalized spacial score (nSPS) is 14.5. The molecule has 104 valence electrons. The number of aromatic nitrogens is 1. The summed E-state index contributed by atoms with van der Waals surface area (Å²) in [4.78, 5) is 30.8. The largest absolute Gasteiger partial charge is 0.331 e. The van der Waals surface area contributed by atoms with Crippen LogP contribution in [0.1, 0.15) is 31.6 Å². The van der Waals surface area contributed by atoms with Crippen molar-refractivity contribution in [1.29, 1.82) is 0 Å². The van der Waals surface area contributed by atoms with Crippen molar-refractivity contribution in [3.63, 3.8) is 0 Å². The molecular formula is C13H19N3O2S. The van der Waals surface area contributed by atoms with E-state index in [4.69, 9.17) is 0 Å². The predicted octanol–water partition coefficient (Wildman–Crippen LogP) is 2.04. The Balaban J connectivity index is 1.93. The van der Waals surface area contributed by atoms with Crippen molar-refractivity contribution in [3.8, 4) is 0 Å². The highest BCUT2D eigenvalue weighted by molar-refractivity contribution is 7.15. The Morgan fingerprint density at radius 1 is 1.53 bits per heavy atom. The molecule has 0 atom stereocenters. The molecule has 6 heteroatoms. The quantitative estimate of drug-likeness (QED) is 0.898. The second kappa shape index (κ2) is 5.69. The summed E-state index contributed by atoms with van der Waals surface area (Å²) < 4.78 is 0. The van der Waals surface area contributed by atoms with Gasteiger partial charge in [0.25, 0.3) is 0 Å². The summed E-state index contributed by atoms with van der Waals surface area (Å²) in [5.41, 5.74) is 0. The van der Waals surface area contributed by atoms with Crippen LogP contribution in [0.15, 0.2) is 6.20 Å². The number of hydrogen-bond donors (Lipinski definition) is 1. The molecular weight excluding hydrogens is 262 g/mol. The molecule has 0 unspecified atom stereocenters. The van der Waals surface area contributed by atoms with Gasteiger partial charge in [0.15, 0.2) is 5.13 Å². The van der Waals surface area contributed by atoms with Crippen molar-refractivity contribution >= 4 is 28.3 Å². The molecule has 0 saturated heterocycles. The van der Waals surface area contributed by atoms with Crippen LogP contribution < -0.4 is 5.32 Å². The van der Waals surface area contributed by atoms with Gasteiger partial charge in [0.1, 0.15) is 6.54 Å². The summed E-state index contributed by atoms with van der Waals surface area (Å²) in [6.07, 6.45) is 3.63. The molecule has 1 N–H and O–H groups in total. The predicted molar refractivity (Wildman–Crippen MR) is 75.1 cm³/mol. The van der Waals surface area contributed by atoms with Crippen LogP contribution in [0.2, 0.25) is 0 Å². The molecule has 0 spiro atoms. The average molecular weight is 281 g/mol. The van der Waals surface area contributed by atoms with Crippen molar-refractivity contribution in [2.75, 3.05) is 11.9 Å². The number of amides is 2. The van der Waals surface area contributed by atoms with E-state index < -0.39 is 0 Å². The van der Waals surface area contributed by atoms with E-state index in [1.165, 1.54) is 11.3 Å². The Kier molecular flexibility index (Phi) is 4.19. The Morgan fingerprint density at radius 2 is 2.21 bits per heavy atom. The number of carbonyl (C=O) groups is 2. The first-order valence-electron chi connectivity index (χ1n) is 6.50. The number of nitrogens with one attached hydrogen (secondary N) is 1. The summed E-state index contributed by atoms with van der Waals surface area (Å²) in [5.74, 6) is 0.0508. The second-order valence-electron chi connectivity index (χ2n) is 5.16. The minimum Gasteiger partial charge on any atom is -0.331 e. The number of aryl methyl sites for hydroxylation is 1. The lowest BCUT2D eigenvalue weighted by molar-refractivity contribution is -0.137. The molecule has 1 aliphatic rings. The van der Waals surface area contributed by atoms with Crippen LogP contribution in [0.3, 0.4) is 0 Å². The SMILES string of the molecule is Cc1cnc(NC(=O)CN(C(=O)C2CC2)C(C)C)s1. The fourth-order valence-corrected chi connectivity index (χ4v) is 2.49. The van der Waals surface area contributed by atoms with Gasteiger partial charge in [-0.3, -0.25) is 9.59 Å². The standard InChI is InChI=1S/C13H19N3O2S/c1-8(2)16(12(18)10-4-5-10)7-11(17)15-13-14-6-9(3)19-13/h6,8,10H,4-5,7H2,1-3H3,(H,14,15,17). The molecule has 0 bridgehead atoms. The maximum atomic E-state index is 12.1. The zero-order valence-corrected chi connectivity index (χ0v) is 12.3. The third-order valence-corrected chi connectivity index (χ3v) is 3.84. The minimum absolute atomic E-state index is 0.0388. The van der Waals surface area contributed by atoms with Gasteiger partial charge in [-0.05, 0) is 33.6 Å². The van der Waals surface area contributed by atoms with Gasteiger partial charge >= 0.3 is 0 Å². The van der Waals surface area contributed by atoms with Crippen LogP contribution in [-0.2, 0) is 9.59 Å². The number of hydrogen-bond acceptors (Lipinski definition) is 4. The maximum Gasteiger partial charge on any atom is 0.245 e. The first-order valence-corrected chi connectivity index (χ1v) is 7.31. The van der Waals surface area contributed by atoms with Gasteiger partial charge in [0.05, 0.1) is 0 Å². The lowest BCUT2D eigenvalue weighted by atomic mass is 10.2. The van der Waals surface area contributed by atoms with Gasteiger partial charge in [-0.1, -0.05) is 0 Å². The molecule has 0 radical (unpaired) electrons. The Bertz CT molecular complexity index is 480. The van der Waals surface area contributed by atoms with E-state index in [0.717, 1.165) is 17.7 Å². The number of thiazole rings is 1. The molecule has 5 nitrogen and oxygen atoms in total. The smallest absolute Gasteiger partial charge is 0.245 e. The molecule has 1 heterocycles. The molecule has 2 amide bonds. The number of carbonyl (C=O) groups excluding carboxylic acids is 2. The molecule has 1 aliphatic carbocycles. The van der Waals surface area contributed by atoms with Crippen molar-refractivity contribution < 1.29 is 9.59 Å². The van der Waals surface area contributed by atoms with Gasteiger partial charge < -0.3 is 10.2 Å². The van der Waals surface area contributed by atoms with Crippen LogP contribution in [-0.4, -0.2) is 34.3 Å². The maximum absolute atomic E-state index is 12.1. The fourth-order valence-electron chi connectivity index (χ4n) is 1.81. The molecule has 1 aromatic heterocycles. The van der Waals surface area contributed by atoms with Crippen molar-refractivity contribution in [3.05, 3.63) is 11.1 Å². The zero-order chi connectivity index (χ0) is 14.0. The summed E-state index contributed by atoms with van der Waals surface area (Å²) in [6, 6.07) is 0.0388.